The fourth-order valence-corrected chi connectivity index (χ4v) is 4.25. The number of ketones is 1. The number of ether oxygens (including phenoxy) is 1. The molecule has 27 heavy (non-hydrogen) atoms. The molecule has 4 nitrogen and oxygen atoms in total. The highest BCUT2D eigenvalue weighted by molar-refractivity contribution is 7.98. The van der Waals surface area contributed by atoms with Crippen molar-refractivity contribution in [2.45, 2.75) is 63.4 Å². The van der Waals surface area contributed by atoms with Crippen LogP contribution in [0.1, 0.15) is 57.9 Å². The molecule has 0 N–H and O–H groups in total. The number of Topliss-reactive ketones (excluding diaryl/α,β-unsaturated/α-hetero) is 1. The van der Waals surface area contributed by atoms with Crippen molar-refractivity contribution in [1.29, 1.82) is 0 Å². The second kappa shape index (κ2) is 8.42. The number of hydrogen-bond donors (Lipinski definition) is 0. The Labute approximate surface area is 165 Å². The minimum atomic E-state index is -0.542. The molecule has 3 rings (SSSR count). The maximum Gasteiger partial charge on any atom is 0.315 e. The van der Waals surface area contributed by atoms with E-state index in [2.05, 4.69) is 4.99 Å². The average molecular weight is 386 g/mol. The summed E-state index contributed by atoms with van der Waals surface area (Å²) in [6.07, 6.45) is 4.79. The third kappa shape index (κ3) is 4.03. The van der Waals surface area contributed by atoms with Gasteiger partial charge in [0.1, 0.15) is 5.92 Å². The van der Waals surface area contributed by atoms with Gasteiger partial charge in [0.15, 0.2) is 5.78 Å². The van der Waals surface area contributed by atoms with Crippen molar-refractivity contribution in [3.63, 3.8) is 0 Å². The number of benzene rings is 1. The molecule has 0 saturated heterocycles. The van der Waals surface area contributed by atoms with E-state index in [9.17, 15) is 9.59 Å². The van der Waals surface area contributed by atoms with E-state index in [0.717, 1.165) is 46.7 Å². The van der Waals surface area contributed by atoms with Crippen LogP contribution in [0.15, 0.2) is 45.4 Å². The fraction of sp³-hybridized carbons (Fsp3) is 0.500. The summed E-state index contributed by atoms with van der Waals surface area (Å²) in [5.74, 6) is -1.01. The first-order valence-electron chi connectivity index (χ1n) is 9.62. The third-order valence-electron chi connectivity index (χ3n) is 5.46. The number of aliphatic imine (C=N–C) groups is 1. The van der Waals surface area contributed by atoms with Gasteiger partial charge in [-0.3, -0.25) is 14.6 Å². The summed E-state index contributed by atoms with van der Waals surface area (Å²) < 4.78 is 5.66. The normalized spacial score (nSPS) is 23.6. The molecule has 0 bridgehead atoms. The molecular formula is C22H27NO3S. The Morgan fingerprint density at radius 2 is 2.00 bits per heavy atom. The number of hydrogen-bond acceptors (Lipinski definition) is 5. The minimum absolute atomic E-state index is 0.118. The number of carbonyl (C=O) groups is 2. The molecule has 1 heterocycles. The molecule has 0 spiro atoms. The highest BCUT2D eigenvalue weighted by Crippen LogP contribution is 2.43. The van der Waals surface area contributed by atoms with Gasteiger partial charge in [0.2, 0.25) is 0 Å². The molecule has 144 valence electrons. The molecule has 1 aliphatic carbocycles. The molecule has 3 atom stereocenters. The lowest BCUT2D eigenvalue weighted by atomic mass is 9.72. The molecule has 5 heteroatoms. The lowest BCUT2D eigenvalue weighted by Crippen LogP contribution is -2.38. The molecule has 1 unspecified atom stereocenters. The van der Waals surface area contributed by atoms with Gasteiger partial charge in [0, 0.05) is 34.2 Å². The van der Waals surface area contributed by atoms with Crippen LogP contribution in [-0.4, -0.2) is 29.8 Å². The second-order valence-electron chi connectivity index (χ2n) is 7.27. The predicted molar refractivity (Wildman–Crippen MR) is 109 cm³/mol. The monoisotopic (exact) mass is 385 g/mol. The minimum Gasteiger partial charge on any atom is -0.462 e. The molecule has 0 aromatic heterocycles. The van der Waals surface area contributed by atoms with Crippen molar-refractivity contribution in [3.05, 3.63) is 41.1 Å². The van der Waals surface area contributed by atoms with Crippen molar-refractivity contribution in [1.82, 2.24) is 0 Å². The van der Waals surface area contributed by atoms with Crippen LogP contribution in [0.4, 0.5) is 0 Å². The number of esters is 1. The van der Waals surface area contributed by atoms with Crippen molar-refractivity contribution >= 4 is 29.2 Å². The predicted octanol–water partition coefficient (Wildman–Crippen LogP) is 4.93. The van der Waals surface area contributed by atoms with Crippen LogP contribution < -0.4 is 0 Å². The second-order valence-corrected chi connectivity index (χ2v) is 8.15. The molecule has 1 aromatic carbocycles. The number of rotatable bonds is 5. The van der Waals surface area contributed by atoms with Gasteiger partial charge in [-0.25, -0.2) is 0 Å². The quantitative estimate of drug-likeness (QED) is 0.533. The van der Waals surface area contributed by atoms with Crippen LogP contribution in [0.5, 0.6) is 0 Å². The summed E-state index contributed by atoms with van der Waals surface area (Å²) in [5.41, 5.74) is 3.30. The highest BCUT2D eigenvalue weighted by Gasteiger charge is 2.43. The van der Waals surface area contributed by atoms with E-state index in [-0.39, 0.29) is 23.8 Å². The first-order valence-corrected chi connectivity index (χ1v) is 10.8. The zero-order valence-corrected chi connectivity index (χ0v) is 17.3. The largest absolute Gasteiger partial charge is 0.462 e. The zero-order chi connectivity index (χ0) is 19.6. The first kappa shape index (κ1) is 19.9. The Balaban J connectivity index is 2.07. The molecule has 1 aliphatic heterocycles. The lowest BCUT2D eigenvalue weighted by molar-refractivity contribution is -0.151. The van der Waals surface area contributed by atoms with Crippen LogP contribution in [-0.2, 0) is 14.3 Å². The maximum atomic E-state index is 13.0. The van der Waals surface area contributed by atoms with E-state index in [1.807, 2.05) is 51.3 Å². The lowest BCUT2D eigenvalue weighted by Gasteiger charge is -2.35. The topological polar surface area (TPSA) is 55.7 Å². The summed E-state index contributed by atoms with van der Waals surface area (Å²) in [6, 6.07) is 8.16. The SMILES string of the molecule is CC[C@@H](C)OC(=O)C1C(C)=NC2=C(C(=O)CCC2)[C@@H]1c1ccc(SC)cc1. The first-order chi connectivity index (χ1) is 13.0. The molecule has 0 radical (unpaired) electrons. The van der Waals surface area contributed by atoms with E-state index in [1.165, 1.54) is 0 Å². The average Bonchev–Trinajstić information content (AvgIpc) is 2.67. The van der Waals surface area contributed by atoms with E-state index in [4.69, 9.17) is 4.74 Å². The summed E-state index contributed by atoms with van der Waals surface area (Å²) in [6.45, 7) is 5.77. The summed E-state index contributed by atoms with van der Waals surface area (Å²) >= 11 is 1.67. The van der Waals surface area contributed by atoms with Crippen LogP contribution in [0.3, 0.4) is 0 Å². The van der Waals surface area contributed by atoms with Crippen LogP contribution in [0, 0.1) is 5.92 Å². The fourth-order valence-electron chi connectivity index (χ4n) is 3.84. The van der Waals surface area contributed by atoms with Crippen LogP contribution in [0.2, 0.25) is 0 Å². The van der Waals surface area contributed by atoms with Crippen molar-refractivity contribution in [2.24, 2.45) is 10.9 Å². The summed E-state index contributed by atoms with van der Waals surface area (Å²) in [7, 11) is 0. The van der Waals surface area contributed by atoms with Gasteiger partial charge in [-0.15, -0.1) is 11.8 Å². The van der Waals surface area contributed by atoms with Gasteiger partial charge in [0.05, 0.1) is 6.10 Å². The number of nitrogens with zero attached hydrogens (tertiary/aromatic N) is 1. The van der Waals surface area contributed by atoms with E-state index < -0.39 is 5.92 Å². The number of allylic oxidation sites excluding steroid dienone is 2. The molecule has 0 saturated carbocycles. The molecule has 2 aliphatic rings. The Bertz CT molecular complexity index is 794. The smallest absolute Gasteiger partial charge is 0.315 e. The Kier molecular flexibility index (Phi) is 6.20. The van der Waals surface area contributed by atoms with Gasteiger partial charge in [0.25, 0.3) is 0 Å². The highest BCUT2D eigenvalue weighted by atomic mass is 32.2. The zero-order valence-electron chi connectivity index (χ0n) is 16.5. The van der Waals surface area contributed by atoms with E-state index >= 15 is 0 Å². The van der Waals surface area contributed by atoms with Gasteiger partial charge in [-0.05, 0) is 57.1 Å². The molecule has 0 fully saturated rings. The van der Waals surface area contributed by atoms with E-state index in [1.54, 1.807) is 11.8 Å². The maximum absolute atomic E-state index is 13.0. The van der Waals surface area contributed by atoms with E-state index in [0.29, 0.717) is 6.42 Å². The summed E-state index contributed by atoms with van der Waals surface area (Å²) in [5, 5.41) is 0. The van der Waals surface area contributed by atoms with Crippen molar-refractivity contribution in [2.75, 3.05) is 6.26 Å². The molecule has 1 aromatic rings. The number of thioether (sulfide) groups is 1. The molecule has 0 amide bonds. The standard InChI is InChI=1S/C22H27NO3S/c1-5-13(2)26-22(25)19-14(3)23-17-7-6-8-18(24)21(17)20(19)15-9-11-16(27-4)12-10-15/h9-13,19-20H,5-8H2,1-4H3/t13-,19?,20-/m1/s1. The number of carbonyl (C=O) groups excluding carboxylic acids is 2. The third-order valence-corrected chi connectivity index (χ3v) is 6.20. The van der Waals surface area contributed by atoms with Crippen LogP contribution >= 0.6 is 11.8 Å². The Hall–Kier alpha value is -1.88. The van der Waals surface area contributed by atoms with Gasteiger partial charge in [-0.2, -0.15) is 0 Å². The Morgan fingerprint density at radius 3 is 2.63 bits per heavy atom. The van der Waals surface area contributed by atoms with Crippen molar-refractivity contribution < 1.29 is 14.3 Å². The van der Waals surface area contributed by atoms with Gasteiger partial charge in [-0.1, -0.05) is 19.1 Å². The Morgan fingerprint density at radius 1 is 1.30 bits per heavy atom. The summed E-state index contributed by atoms with van der Waals surface area (Å²) in [4.78, 5) is 31.7. The van der Waals surface area contributed by atoms with Gasteiger partial charge >= 0.3 is 5.97 Å². The molecular weight excluding hydrogens is 358 g/mol. The van der Waals surface area contributed by atoms with Crippen molar-refractivity contribution in [3.8, 4) is 0 Å². The van der Waals surface area contributed by atoms with Crippen LogP contribution in [0.25, 0.3) is 0 Å². The van der Waals surface area contributed by atoms with Gasteiger partial charge < -0.3 is 4.74 Å².